The normalized spacial score (nSPS) is 18.4. The Hall–Kier alpha value is -2.72. The lowest BCUT2D eigenvalue weighted by atomic mass is 10.2. The molecule has 0 saturated carbocycles. The van der Waals surface area contributed by atoms with E-state index in [4.69, 9.17) is 10.3 Å². The lowest BCUT2D eigenvalue weighted by Gasteiger charge is -2.22. The third-order valence-electron chi connectivity index (χ3n) is 3.39. The SMILES string of the molecule is NC(=O)c1noc([C@@H]2CCCN2c2nccc(C(F)(F)F)n2)n1. The van der Waals surface area contributed by atoms with Crippen molar-refractivity contribution in [3.8, 4) is 0 Å². The Morgan fingerprint density at radius 3 is 2.83 bits per heavy atom. The van der Waals surface area contributed by atoms with Gasteiger partial charge in [-0.2, -0.15) is 18.2 Å². The molecular weight excluding hydrogens is 317 g/mol. The van der Waals surface area contributed by atoms with Gasteiger partial charge in [-0.05, 0) is 18.9 Å². The molecule has 3 heterocycles. The van der Waals surface area contributed by atoms with Gasteiger partial charge in [0.25, 0.3) is 11.7 Å². The second-order valence-corrected chi connectivity index (χ2v) is 4.91. The maximum Gasteiger partial charge on any atom is 0.433 e. The van der Waals surface area contributed by atoms with E-state index in [1.807, 2.05) is 0 Å². The molecule has 2 N–H and O–H groups in total. The molecule has 1 fully saturated rings. The molecule has 11 heteroatoms. The van der Waals surface area contributed by atoms with Crippen LogP contribution in [0.15, 0.2) is 16.8 Å². The molecule has 2 aromatic heterocycles. The fourth-order valence-corrected chi connectivity index (χ4v) is 2.38. The van der Waals surface area contributed by atoms with E-state index in [0.717, 1.165) is 12.3 Å². The Balaban J connectivity index is 1.91. The van der Waals surface area contributed by atoms with Crippen LogP contribution in [-0.2, 0) is 6.18 Å². The second kappa shape index (κ2) is 5.48. The van der Waals surface area contributed by atoms with Gasteiger partial charge in [0.15, 0.2) is 0 Å². The van der Waals surface area contributed by atoms with E-state index in [2.05, 4.69) is 20.1 Å². The molecule has 0 bridgehead atoms. The van der Waals surface area contributed by atoms with Crippen LogP contribution in [0.25, 0.3) is 0 Å². The number of nitrogens with two attached hydrogens (primary N) is 1. The Labute approximate surface area is 127 Å². The highest BCUT2D eigenvalue weighted by Crippen LogP contribution is 2.35. The number of anilines is 1. The summed E-state index contributed by atoms with van der Waals surface area (Å²) in [6.45, 7) is 0.431. The Kier molecular flexibility index (Phi) is 3.62. The van der Waals surface area contributed by atoms with Gasteiger partial charge >= 0.3 is 6.18 Å². The van der Waals surface area contributed by atoms with Gasteiger partial charge in [-0.3, -0.25) is 4.79 Å². The number of carbonyl (C=O) groups excluding carboxylic acids is 1. The number of alkyl halides is 3. The summed E-state index contributed by atoms with van der Waals surface area (Å²) in [4.78, 5) is 23.8. The van der Waals surface area contributed by atoms with E-state index in [0.29, 0.717) is 19.4 Å². The highest BCUT2D eigenvalue weighted by molar-refractivity contribution is 5.88. The molecule has 2 aromatic rings. The molecule has 1 aliphatic heterocycles. The Morgan fingerprint density at radius 1 is 1.39 bits per heavy atom. The lowest BCUT2D eigenvalue weighted by Crippen LogP contribution is -2.26. The zero-order chi connectivity index (χ0) is 16.6. The maximum absolute atomic E-state index is 12.8. The number of hydrogen-bond donors (Lipinski definition) is 1. The van der Waals surface area contributed by atoms with Gasteiger partial charge in [-0.1, -0.05) is 5.16 Å². The van der Waals surface area contributed by atoms with Crippen LogP contribution in [0, 0.1) is 0 Å². The molecular formula is C12H11F3N6O2. The van der Waals surface area contributed by atoms with Gasteiger partial charge in [-0.25, -0.2) is 9.97 Å². The molecule has 0 unspecified atom stereocenters. The predicted octanol–water partition coefficient (Wildman–Crippen LogP) is 1.32. The average Bonchev–Trinajstić information content (AvgIpc) is 3.15. The van der Waals surface area contributed by atoms with Crippen LogP contribution in [0.1, 0.15) is 41.1 Å². The highest BCUT2D eigenvalue weighted by atomic mass is 19.4. The zero-order valence-corrected chi connectivity index (χ0v) is 11.6. The van der Waals surface area contributed by atoms with E-state index >= 15 is 0 Å². The van der Waals surface area contributed by atoms with Crippen molar-refractivity contribution < 1.29 is 22.5 Å². The monoisotopic (exact) mass is 328 g/mol. The number of rotatable bonds is 3. The maximum atomic E-state index is 12.8. The number of halogens is 3. The molecule has 23 heavy (non-hydrogen) atoms. The summed E-state index contributed by atoms with van der Waals surface area (Å²) in [5, 5.41) is 3.44. The topological polar surface area (TPSA) is 111 Å². The Bertz CT molecular complexity index is 732. The van der Waals surface area contributed by atoms with Gasteiger partial charge in [-0.15, -0.1) is 0 Å². The summed E-state index contributed by atoms with van der Waals surface area (Å²) in [5.74, 6) is -1.12. The quantitative estimate of drug-likeness (QED) is 0.904. The van der Waals surface area contributed by atoms with Crippen LogP contribution in [0.3, 0.4) is 0 Å². The van der Waals surface area contributed by atoms with Gasteiger partial charge in [0.2, 0.25) is 11.8 Å². The van der Waals surface area contributed by atoms with E-state index < -0.39 is 23.8 Å². The standard InChI is InChI=1S/C12H11F3N6O2/c13-12(14,15)7-3-4-17-11(18-7)21-5-1-2-6(21)10-19-9(8(16)22)20-23-10/h3-4,6H,1-2,5H2,(H2,16,22)/t6-/m0/s1. The molecule has 0 radical (unpaired) electrons. The van der Waals surface area contributed by atoms with Crippen LogP contribution < -0.4 is 10.6 Å². The molecule has 0 aromatic carbocycles. The van der Waals surface area contributed by atoms with E-state index in [1.54, 1.807) is 0 Å². The smallest absolute Gasteiger partial charge is 0.363 e. The summed E-state index contributed by atoms with van der Waals surface area (Å²) < 4.78 is 43.3. The van der Waals surface area contributed by atoms with Crippen LogP contribution in [0.2, 0.25) is 0 Å². The van der Waals surface area contributed by atoms with Gasteiger partial charge in [0.1, 0.15) is 11.7 Å². The minimum atomic E-state index is -4.56. The number of amides is 1. The molecule has 1 aliphatic rings. The average molecular weight is 328 g/mol. The molecule has 1 amide bonds. The van der Waals surface area contributed by atoms with Crippen molar-refractivity contribution in [3.63, 3.8) is 0 Å². The second-order valence-electron chi connectivity index (χ2n) is 4.91. The van der Waals surface area contributed by atoms with Crippen molar-refractivity contribution in [1.82, 2.24) is 20.1 Å². The van der Waals surface area contributed by atoms with Gasteiger partial charge in [0.05, 0.1) is 0 Å². The summed E-state index contributed by atoms with van der Waals surface area (Å²) in [6, 6.07) is 0.297. The molecule has 122 valence electrons. The summed E-state index contributed by atoms with van der Waals surface area (Å²) in [6.07, 6.45) is -2.28. The lowest BCUT2D eigenvalue weighted by molar-refractivity contribution is -0.141. The molecule has 3 rings (SSSR count). The first-order valence-electron chi connectivity index (χ1n) is 6.66. The Morgan fingerprint density at radius 2 is 2.17 bits per heavy atom. The van der Waals surface area contributed by atoms with Gasteiger partial charge < -0.3 is 15.2 Å². The van der Waals surface area contributed by atoms with Crippen molar-refractivity contribution in [2.45, 2.75) is 25.1 Å². The first-order chi connectivity index (χ1) is 10.9. The van der Waals surface area contributed by atoms with Crippen molar-refractivity contribution in [3.05, 3.63) is 29.7 Å². The first kappa shape index (κ1) is 15.2. The molecule has 1 saturated heterocycles. The van der Waals surface area contributed by atoms with Gasteiger partial charge in [0, 0.05) is 12.7 Å². The molecule has 8 nitrogen and oxygen atoms in total. The number of hydrogen-bond acceptors (Lipinski definition) is 7. The molecule has 0 aliphatic carbocycles. The minimum Gasteiger partial charge on any atom is -0.363 e. The first-order valence-corrected chi connectivity index (χ1v) is 6.66. The van der Waals surface area contributed by atoms with E-state index in [1.165, 1.54) is 4.90 Å². The van der Waals surface area contributed by atoms with Crippen molar-refractivity contribution in [2.75, 3.05) is 11.4 Å². The van der Waals surface area contributed by atoms with Crippen LogP contribution in [0.5, 0.6) is 0 Å². The van der Waals surface area contributed by atoms with Crippen LogP contribution in [0.4, 0.5) is 19.1 Å². The number of nitrogens with zero attached hydrogens (tertiary/aromatic N) is 5. The summed E-state index contributed by atoms with van der Waals surface area (Å²) in [5.41, 5.74) is 4.02. The predicted molar refractivity (Wildman–Crippen MR) is 69.2 cm³/mol. The van der Waals surface area contributed by atoms with E-state index in [-0.39, 0.29) is 17.7 Å². The fraction of sp³-hybridized carbons (Fsp3) is 0.417. The zero-order valence-electron chi connectivity index (χ0n) is 11.6. The molecule has 1 atom stereocenters. The van der Waals surface area contributed by atoms with Crippen molar-refractivity contribution in [1.29, 1.82) is 0 Å². The molecule has 0 spiro atoms. The number of primary amides is 1. The van der Waals surface area contributed by atoms with E-state index in [9.17, 15) is 18.0 Å². The number of carbonyl (C=O) groups is 1. The fourth-order valence-electron chi connectivity index (χ4n) is 2.38. The summed E-state index contributed by atoms with van der Waals surface area (Å²) in [7, 11) is 0. The third-order valence-corrected chi connectivity index (χ3v) is 3.39. The van der Waals surface area contributed by atoms with Crippen LogP contribution >= 0.6 is 0 Å². The highest BCUT2D eigenvalue weighted by Gasteiger charge is 2.36. The minimum absolute atomic E-state index is 0.0823. The summed E-state index contributed by atoms with van der Waals surface area (Å²) >= 11 is 0. The van der Waals surface area contributed by atoms with Crippen molar-refractivity contribution >= 4 is 11.9 Å². The number of aromatic nitrogens is 4. The largest absolute Gasteiger partial charge is 0.433 e. The van der Waals surface area contributed by atoms with Crippen LogP contribution in [-0.4, -0.2) is 32.6 Å². The van der Waals surface area contributed by atoms with Crippen molar-refractivity contribution in [2.24, 2.45) is 5.73 Å². The third kappa shape index (κ3) is 2.94.